The molecule has 0 fully saturated rings. The van der Waals surface area contributed by atoms with Gasteiger partial charge in [0.15, 0.2) is 9.84 Å². The van der Waals surface area contributed by atoms with Crippen LogP contribution in [0.5, 0.6) is 0 Å². The number of nitrogens with zero attached hydrogens (tertiary/aromatic N) is 1. The van der Waals surface area contributed by atoms with Crippen LogP contribution in [-0.4, -0.2) is 32.0 Å². The highest BCUT2D eigenvalue weighted by Gasteiger charge is 2.29. The largest absolute Gasteiger partial charge is 0.326 e. The first kappa shape index (κ1) is 21.5. The monoisotopic (exact) mass is 478 g/mol. The summed E-state index contributed by atoms with van der Waals surface area (Å²) in [7, 11) is -3.67. The number of hydrogen-bond acceptors (Lipinski definition) is 4. The Labute approximate surface area is 179 Å². The Hall–Kier alpha value is -2.19. The molecule has 0 unspecified atom stereocenters. The minimum atomic E-state index is -3.67. The second-order valence-corrected chi connectivity index (χ2v) is 10.5. The van der Waals surface area contributed by atoms with E-state index in [4.69, 9.17) is 0 Å². The van der Waals surface area contributed by atoms with E-state index in [9.17, 15) is 18.0 Å². The normalized spacial score (nSPS) is 14.4. The zero-order chi connectivity index (χ0) is 21.3. The van der Waals surface area contributed by atoms with Gasteiger partial charge in [-0.05, 0) is 67.8 Å². The fraction of sp³-hybridized carbons (Fsp3) is 0.333. The zero-order valence-electron chi connectivity index (χ0n) is 16.5. The van der Waals surface area contributed by atoms with Crippen molar-refractivity contribution in [1.29, 1.82) is 0 Å². The number of benzene rings is 2. The third kappa shape index (κ3) is 4.53. The molecule has 2 aromatic carbocycles. The smallest absolute Gasteiger partial charge is 0.225 e. The van der Waals surface area contributed by atoms with E-state index in [1.54, 1.807) is 23.1 Å². The molecular weight excluding hydrogens is 456 g/mol. The standard InChI is InChI=1S/C21H23BrN2O4S/c1-13-10-17(4-6-19(13)22)23-21(26)11-14(2)29(27,28)18-5-7-20-16(12-18)8-9-24(20)15(3)25/h4-7,10,12,14H,8-9,11H2,1-3H3,(H,23,26)/t14-/m0/s1. The van der Waals surface area contributed by atoms with Gasteiger partial charge in [-0.2, -0.15) is 0 Å². The lowest BCUT2D eigenvalue weighted by atomic mass is 10.2. The Balaban J connectivity index is 1.73. The first-order valence-corrected chi connectivity index (χ1v) is 11.6. The molecule has 8 heteroatoms. The molecule has 29 heavy (non-hydrogen) atoms. The number of amides is 2. The van der Waals surface area contributed by atoms with Crippen molar-refractivity contribution in [3.05, 3.63) is 52.0 Å². The summed E-state index contributed by atoms with van der Waals surface area (Å²) < 4.78 is 26.9. The second-order valence-electron chi connectivity index (χ2n) is 7.28. The number of nitrogens with one attached hydrogen (secondary N) is 1. The van der Waals surface area contributed by atoms with E-state index < -0.39 is 15.1 Å². The van der Waals surface area contributed by atoms with Gasteiger partial charge in [-0.3, -0.25) is 9.59 Å². The van der Waals surface area contributed by atoms with Crippen molar-refractivity contribution in [2.75, 3.05) is 16.8 Å². The molecule has 0 radical (unpaired) electrons. The van der Waals surface area contributed by atoms with Gasteiger partial charge < -0.3 is 10.2 Å². The molecule has 0 aromatic heterocycles. The maximum atomic E-state index is 13.0. The van der Waals surface area contributed by atoms with E-state index >= 15 is 0 Å². The maximum Gasteiger partial charge on any atom is 0.225 e. The first-order chi connectivity index (χ1) is 13.6. The third-order valence-electron chi connectivity index (χ3n) is 5.10. The molecule has 0 saturated carbocycles. The van der Waals surface area contributed by atoms with Crippen molar-refractivity contribution in [2.24, 2.45) is 0 Å². The molecule has 1 aliphatic rings. The summed E-state index contributed by atoms with van der Waals surface area (Å²) in [6.07, 6.45) is 0.476. The highest BCUT2D eigenvalue weighted by atomic mass is 79.9. The third-order valence-corrected chi connectivity index (χ3v) is 8.13. The number of aryl methyl sites for hydroxylation is 1. The second kappa shape index (κ2) is 8.28. The first-order valence-electron chi connectivity index (χ1n) is 9.30. The fourth-order valence-corrected chi connectivity index (χ4v) is 5.07. The summed E-state index contributed by atoms with van der Waals surface area (Å²) >= 11 is 3.41. The molecule has 0 aliphatic carbocycles. The number of halogens is 1. The van der Waals surface area contributed by atoms with Crippen LogP contribution in [0.15, 0.2) is 45.8 Å². The highest BCUT2D eigenvalue weighted by Crippen LogP contribution is 2.31. The number of carbonyl (C=O) groups excluding carboxylic acids is 2. The predicted molar refractivity (Wildman–Crippen MR) is 117 cm³/mol. The van der Waals surface area contributed by atoms with Gasteiger partial charge in [0, 0.05) is 35.7 Å². The van der Waals surface area contributed by atoms with Gasteiger partial charge >= 0.3 is 0 Å². The van der Waals surface area contributed by atoms with Crippen molar-refractivity contribution >= 4 is 49.0 Å². The van der Waals surface area contributed by atoms with Crippen LogP contribution in [0.4, 0.5) is 11.4 Å². The van der Waals surface area contributed by atoms with E-state index in [0.717, 1.165) is 21.3 Å². The average Bonchev–Trinajstić information content (AvgIpc) is 3.08. The van der Waals surface area contributed by atoms with Gasteiger partial charge in [0.1, 0.15) is 0 Å². The summed E-state index contributed by atoms with van der Waals surface area (Å²) in [5.41, 5.74) is 3.19. The number of hydrogen-bond donors (Lipinski definition) is 1. The topological polar surface area (TPSA) is 83.6 Å². The number of fused-ring (bicyclic) bond motifs is 1. The quantitative estimate of drug-likeness (QED) is 0.706. The van der Waals surface area contributed by atoms with Crippen LogP contribution in [0.25, 0.3) is 0 Å². The molecule has 6 nitrogen and oxygen atoms in total. The van der Waals surface area contributed by atoms with Crippen LogP contribution >= 0.6 is 15.9 Å². The lowest BCUT2D eigenvalue weighted by molar-refractivity contribution is -0.117. The molecule has 1 N–H and O–H groups in total. The fourth-order valence-electron chi connectivity index (χ4n) is 3.42. The van der Waals surface area contributed by atoms with Gasteiger partial charge in [-0.1, -0.05) is 15.9 Å². The van der Waals surface area contributed by atoms with Crippen molar-refractivity contribution in [3.63, 3.8) is 0 Å². The summed E-state index contributed by atoms with van der Waals surface area (Å²) in [4.78, 5) is 25.9. The molecule has 1 heterocycles. The Morgan fingerprint density at radius 1 is 1.21 bits per heavy atom. The summed E-state index contributed by atoms with van der Waals surface area (Å²) in [6.45, 7) is 5.50. The van der Waals surface area contributed by atoms with E-state index in [1.165, 1.54) is 19.9 Å². The Kier molecular flexibility index (Phi) is 6.14. The van der Waals surface area contributed by atoms with Crippen molar-refractivity contribution in [2.45, 2.75) is 43.8 Å². The number of sulfone groups is 1. The van der Waals surface area contributed by atoms with Crippen LogP contribution in [0.2, 0.25) is 0 Å². The summed E-state index contributed by atoms with van der Waals surface area (Å²) in [6, 6.07) is 10.2. The van der Waals surface area contributed by atoms with Crippen LogP contribution < -0.4 is 10.2 Å². The van der Waals surface area contributed by atoms with Crippen LogP contribution in [-0.2, 0) is 25.8 Å². The molecule has 2 amide bonds. The highest BCUT2D eigenvalue weighted by molar-refractivity contribution is 9.10. The van der Waals surface area contributed by atoms with E-state index in [-0.39, 0.29) is 23.1 Å². The van der Waals surface area contributed by atoms with Crippen LogP contribution in [0, 0.1) is 6.92 Å². The van der Waals surface area contributed by atoms with Gasteiger partial charge in [-0.25, -0.2) is 8.42 Å². The van der Waals surface area contributed by atoms with E-state index in [1.807, 2.05) is 19.1 Å². The van der Waals surface area contributed by atoms with Crippen molar-refractivity contribution in [3.8, 4) is 0 Å². The lowest BCUT2D eigenvalue weighted by Crippen LogP contribution is -2.26. The van der Waals surface area contributed by atoms with Gasteiger partial charge in [-0.15, -0.1) is 0 Å². The summed E-state index contributed by atoms with van der Waals surface area (Å²) in [5.74, 6) is -0.417. The molecule has 1 atom stereocenters. The van der Waals surface area contributed by atoms with Gasteiger partial charge in [0.2, 0.25) is 11.8 Å². The number of rotatable bonds is 5. The molecule has 0 spiro atoms. The molecular formula is C21H23BrN2O4S. The molecule has 0 saturated heterocycles. The Morgan fingerprint density at radius 3 is 2.59 bits per heavy atom. The van der Waals surface area contributed by atoms with Crippen LogP contribution in [0.1, 0.15) is 31.4 Å². The van der Waals surface area contributed by atoms with Crippen LogP contribution in [0.3, 0.4) is 0 Å². The molecule has 1 aliphatic heterocycles. The minimum Gasteiger partial charge on any atom is -0.326 e. The molecule has 3 rings (SSSR count). The van der Waals surface area contributed by atoms with Gasteiger partial charge in [0.05, 0.1) is 10.1 Å². The zero-order valence-corrected chi connectivity index (χ0v) is 18.9. The SMILES string of the molecule is CC(=O)N1CCc2cc(S(=O)(=O)[C@@H](C)CC(=O)Nc3ccc(Br)c(C)c3)ccc21. The van der Waals surface area contributed by atoms with Crippen molar-refractivity contribution < 1.29 is 18.0 Å². The van der Waals surface area contributed by atoms with E-state index in [0.29, 0.717) is 18.7 Å². The lowest BCUT2D eigenvalue weighted by Gasteiger charge is -2.16. The molecule has 0 bridgehead atoms. The van der Waals surface area contributed by atoms with Gasteiger partial charge in [0.25, 0.3) is 0 Å². The average molecular weight is 479 g/mol. The Bertz CT molecular complexity index is 1080. The van der Waals surface area contributed by atoms with Crippen molar-refractivity contribution in [1.82, 2.24) is 0 Å². The molecule has 154 valence electrons. The Morgan fingerprint density at radius 2 is 1.93 bits per heavy atom. The minimum absolute atomic E-state index is 0.0624. The maximum absolute atomic E-state index is 13.0. The van der Waals surface area contributed by atoms with E-state index in [2.05, 4.69) is 21.2 Å². The number of anilines is 2. The number of carbonyl (C=O) groups is 2. The summed E-state index contributed by atoms with van der Waals surface area (Å²) in [5, 5.41) is 1.88. The molecule has 2 aromatic rings. The predicted octanol–water partition coefficient (Wildman–Crippen LogP) is 3.86.